The maximum atomic E-state index is 12.6. The second-order valence-corrected chi connectivity index (χ2v) is 6.23. The van der Waals surface area contributed by atoms with Crippen molar-refractivity contribution in [1.82, 2.24) is 0 Å². The summed E-state index contributed by atoms with van der Waals surface area (Å²) in [6.45, 7) is 0. The highest BCUT2D eigenvalue weighted by atomic mass is 35.5. The van der Waals surface area contributed by atoms with Gasteiger partial charge in [0.05, 0.1) is 32.5 Å². The number of carbonyl (C=O) groups excluding carboxylic acids is 2. The van der Waals surface area contributed by atoms with Crippen LogP contribution in [0.3, 0.4) is 0 Å². The van der Waals surface area contributed by atoms with Crippen molar-refractivity contribution in [2.75, 3.05) is 10.6 Å². The summed E-state index contributed by atoms with van der Waals surface area (Å²) >= 11 is 12.1. The molecule has 0 fully saturated rings. The van der Waals surface area contributed by atoms with Gasteiger partial charge in [-0.25, -0.2) is 0 Å². The molecule has 0 saturated heterocycles. The molecule has 0 bridgehead atoms. The van der Waals surface area contributed by atoms with Crippen LogP contribution in [0, 0.1) is 0 Å². The van der Waals surface area contributed by atoms with Gasteiger partial charge in [-0.1, -0.05) is 59.6 Å². The average Bonchev–Trinajstić information content (AvgIpc) is 2.65. The van der Waals surface area contributed by atoms with Crippen LogP contribution in [0.2, 0.25) is 10.0 Å². The van der Waals surface area contributed by atoms with Crippen molar-refractivity contribution in [3.05, 3.63) is 94.0 Å². The highest BCUT2D eigenvalue weighted by molar-refractivity contribution is 6.34. The van der Waals surface area contributed by atoms with Crippen LogP contribution in [0.4, 0.5) is 11.4 Å². The van der Waals surface area contributed by atoms with Crippen LogP contribution in [0.25, 0.3) is 0 Å². The Bertz CT molecular complexity index is 895. The van der Waals surface area contributed by atoms with Crippen molar-refractivity contribution in [2.45, 2.75) is 0 Å². The van der Waals surface area contributed by atoms with E-state index in [1.807, 2.05) is 0 Å². The summed E-state index contributed by atoms with van der Waals surface area (Å²) in [5.41, 5.74) is 1.41. The number of para-hydroxylation sites is 2. The van der Waals surface area contributed by atoms with Crippen LogP contribution in [0.5, 0.6) is 0 Å². The minimum atomic E-state index is -0.428. The summed E-state index contributed by atoms with van der Waals surface area (Å²) in [6, 6.07) is 20.3. The number of nitrogens with one attached hydrogen (secondary N) is 2. The normalized spacial score (nSPS) is 10.2. The fourth-order valence-corrected chi connectivity index (χ4v) is 2.75. The molecule has 0 saturated carbocycles. The van der Waals surface area contributed by atoms with Gasteiger partial charge in [0.25, 0.3) is 11.8 Å². The Morgan fingerprint density at radius 3 is 1.31 bits per heavy atom. The zero-order chi connectivity index (χ0) is 18.5. The molecule has 0 radical (unpaired) electrons. The molecule has 0 aliphatic rings. The molecule has 6 heteroatoms. The summed E-state index contributed by atoms with van der Waals surface area (Å²) in [5.74, 6) is -0.856. The third kappa shape index (κ3) is 4.04. The zero-order valence-corrected chi connectivity index (χ0v) is 15.0. The largest absolute Gasteiger partial charge is 0.321 e. The lowest BCUT2D eigenvalue weighted by Crippen LogP contribution is -2.20. The van der Waals surface area contributed by atoms with Crippen LogP contribution < -0.4 is 10.6 Å². The predicted molar refractivity (Wildman–Crippen MR) is 105 cm³/mol. The van der Waals surface area contributed by atoms with Crippen molar-refractivity contribution < 1.29 is 9.59 Å². The first-order valence-electron chi connectivity index (χ1n) is 7.77. The summed E-state index contributed by atoms with van der Waals surface area (Å²) < 4.78 is 0. The van der Waals surface area contributed by atoms with Crippen LogP contribution in [-0.2, 0) is 0 Å². The van der Waals surface area contributed by atoms with Gasteiger partial charge in [-0.15, -0.1) is 0 Å². The van der Waals surface area contributed by atoms with Gasteiger partial charge in [-0.05, 0) is 36.4 Å². The molecule has 4 nitrogen and oxygen atoms in total. The molecule has 0 aromatic heterocycles. The predicted octanol–water partition coefficient (Wildman–Crippen LogP) is 5.50. The van der Waals surface area contributed by atoms with E-state index in [1.54, 1.807) is 72.8 Å². The van der Waals surface area contributed by atoms with Gasteiger partial charge >= 0.3 is 0 Å². The van der Waals surface area contributed by atoms with E-state index < -0.39 is 11.8 Å². The molecule has 0 aliphatic heterocycles. The van der Waals surface area contributed by atoms with Crippen molar-refractivity contribution in [3.63, 3.8) is 0 Å². The summed E-state index contributed by atoms with van der Waals surface area (Å²) in [4.78, 5) is 25.3. The highest BCUT2D eigenvalue weighted by Crippen LogP contribution is 2.24. The van der Waals surface area contributed by atoms with E-state index >= 15 is 0 Å². The molecule has 0 spiro atoms. The first kappa shape index (κ1) is 18.0. The molecule has 130 valence electrons. The fraction of sp³-hybridized carbons (Fsp3) is 0. The zero-order valence-electron chi connectivity index (χ0n) is 13.5. The molecule has 0 unspecified atom stereocenters. The minimum absolute atomic E-state index is 0.233. The van der Waals surface area contributed by atoms with Crippen LogP contribution >= 0.6 is 23.2 Å². The highest BCUT2D eigenvalue weighted by Gasteiger charge is 2.18. The van der Waals surface area contributed by atoms with Crippen molar-refractivity contribution in [2.24, 2.45) is 0 Å². The lowest BCUT2D eigenvalue weighted by atomic mass is 10.1. The van der Waals surface area contributed by atoms with Crippen molar-refractivity contribution in [1.29, 1.82) is 0 Å². The second kappa shape index (κ2) is 8.04. The van der Waals surface area contributed by atoms with E-state index in [4.69, 9.17) is 23.2 Å². The molecule has 0 aliphatic carbocycles. The number of carbonyl (C=O) groups is 2. The molecule has 0 heterocycles. The van der Waals surface area contributed by atoms with Gasteiger partial charge in [-0.2, -0.15) is 0 Å². The maximum Gasteiger partial charge on any atom is 0.256 e. The molecular formula is C20H14Cl2N2O2. The standard InChI is InChI=1S/C20H14Cl2N2O2/c21-15-9-3-5-11-17(15)23-19(25)13-7-1-2-8-14(13)20(26)24-18-12-6-4-10-16(18)22/h1-12H,(H,23,25)(H,24,26). The Morgan fingerprint density at radius 2 is 0.923 bits per heavy atom. The molecule has 2 amide bonds. The molecular weight excluding hydrogens is 371 g/mol. The maximum absolute atomic E-state index is 12.6. The number of benzene rings is 3. The molecule has 3 aromatic carbocycles. The van der Waals surface area contributed by atoms with Crippen LogP contribution in [0.15, 0.2) is 72.8 Å². The minimum Gasteiger partial charge on any atom is -0.321 e. The molecule has 26 heavy (non-hydrogen) atoms. The number of anilines is 2. The first-order chi connectivity index (χ1) is 12.6. The van der Waals surface area contributed by atoms with Crippen LogP contribution in [0.1, 0.15) is 20.7 Å². The van der Waals surface area contributed by atoms with E-state index in [0.29, 0.717) is 21.4 Å². The van der Waals surface area contributed by atoms with Crippen molar-refractivity contribution in [3.8, 4) is 0 Å². The van der Waals surface area contributed by atoms with E-state index in [9.17, 15) is 9.59 Å². The second-order valence-electron chi connectivity index (χ2n) is 5.41. The third-order valence-electron chi connectivity index (χ3n) is 3.66. The molecule has 2 N–H and O–H groups in total. The molecule has 3 rings (SSSR count). The Hall–Kier alpha value is -2.82. The molecule has 0 atom stereocenters. The van der Waals surface area contributed by atoms with Gasteiger partial charge in [0.1, 0.15) is 0 Å². The third-order valence-corrected chi connectivity index (χ3v) is 4.32. The van der Waals surface area contributed by atoms with Gasteiger partial charge < -0.3 is 10.6 Å². The number of hydrogen-bond donors (Lipinski definition) is 2. The summed E-state index contributed by atoms with van der Waals surface area (Å²) in [6.07, 6.45) is 0. The molecule has 3 aromatic rings. The monoisotopic (exact) mass is 384 g/mol. The van der Waals surface area contributed by atoms with Gasteiger partial charge in [0, 0.05) is 0 Å². The lowest BCUT2D eigenvalue weighted by Gasteiger charge is -2.12. The number of hydrogen-bond acceptors (Lipinski definition) is 2. The topological polar surface area (TPSA) is 58.2 Å². The Morgan fingerprint density at radius 1 is 0.577 bits per heavy atom. The van der Waals surface area contributed by atoms with Crippen LogP contribution in [-0.4, -0.2) is 11.8 Å². The van der Waals surface area contributed by atoms with E-state index in [1.165, 1.54) is 0 Å². The number of halogens is 2. The Labute approximate surface area is 160 Å². The first-order valence-corrected chi connectivity index (χ1v) is 8.52. The number of amides is 2. The van der Waals surface area contributed by atoms with E-state index in [2.05, 4.69) is 10.6 Å². The average molecular weight is 385 g/mol. The van der Waals surface area contributed by atoms with Gasteiger partial charge in [0.2, 0.25) is 0 Å². The Balaban J connectivity index is 1.86. The van der Waals surface area contributed by atoms with E-state index in [-0.39, 0.29) is 11.1 Å². The fourth-order valence-electron chi connectivity index (χ4n) is 2.38. The van der Waals surface area contributed by atoms with E-state index in [0.717, 1.165) is 0 Å². The van der Waals surface area contributed by atoms with Gasteiger partial charge in [-0.3, -0.25) is 9.59 Å². The SMILES string of the molecule is O=C(Nc1ccccc1Cl)c1ccccc1C(=O)Nc1ccccc1Cl. The lowest BCUT2D eigenvalue weighted by molar-refractivity contribution is 0.0990. The smallest absolute Gasteiger partial charge is 0.256 e. The quantitative estimate of drug-likeness (QED) is 0.623. The Kier molecular flexibility index (Phi) is 5.56. The van der Waals surface area contributed by atoms with Crippen molar-refractivity contribution >= 4 is 46.4 Å². The summed E-state index contributed by atoms with van der Waals surface area (Å²) in [7, 11) is 0. The summed E-state index contributed by atoms with van der Waals surface area (Å²) in [5, 5.41) is 6.27. The van der Waals surface area contributed by atoms with Gasteiger partial charge in [0.15, 0.2) is 0 Å². The number of rotatable bonds is 4.